The number of imidazole rings is 1. The summed E-state index contributed by atoms with van der Waals surface area (Å²) in [6, 6.07) is 0. The quantitative estimate of drug-likeness (QED) is 0.785. The lowest BCUT2D eigenvalue weighted by molar-refractivity contribution is 0.492. The molecule has 0 unspecified atom stereocenters. The minimum absolute atomic E-state index is 0.468. The Hall–Kier alpha value is -1.95. The summed E-state index contributed by atoms with van der Waals surface area (Å²) in [6.45, 7) is 2.07. The number of fused-ring (bicyclic) bond motifs is 3. The van der Waals surface area contributed by atoms with E-state index in [1.54, 1.807) is 6.33 Å². The van der Waals surface area contributed by atoms with Crippen molar-refractivity contribution in [2.75, 3.05) is 18.0 Å². The number of anilines is 1. The zero-order valence-electron chi connectivity index (χ0n) is 13.0. The summed E-state index contributed by atoms with van der Waals surface area (Å²) in [5, 5.41) is 1.32. The fourth-order valence-corrected chi connectivity index (χ4v) is 5.27. The Morgan fingerprint density at radius 2 is 2.17 bits per heavy atom. The highest BCUT2D eigenvalue weighted by Crippen LogP contribution is 2.41. The molecule has 1 aliphatic carbocycles. The SMILES string of the molecule is c1c[nH]c([C@H]2CCCN(c3ncnc4sc5c(c34)CCC5)C2)n1. The van der Waals surface area contributed by atoms with Gasteiger partial charge in [0.2, 0.25) is 0 Å². The molecule has 4 heterocycles. The molecule has 0 bridgehead atoms. The number of rotatable bonds is 2. The number of aryl methyl sites for hydroxylation is 2. The Labute approximate surface area is 138 Å². The molecule has 0 aromatic carbocycles. The molecule has 118 valence electrons. The van der Waals surface area contributed by atoms with Crippen molar-refractivity contribution in [3.63, 3.8) is 0 Å². The van der Waals surface area contributed by atoms with Crippen LogP contribution >= 0.6 is 11.3 Å². The highest BCUT2D eigenvalue weighted by atomic mass is 32.1. The average molecular weight is 325 g/mol. The highest BCUT2D eigenvalue weighted by molar-refractivity contribution is 7.19. The Morgan fingerprint density at radius 3 is 3.09 bits per heavy atom. The smallest absolute Gasteiger partial charge is 0.141 e. The molecule has 2 aliphatic rings. The van der Waals surface area contributed by atoms with Crippen LogP contribution in [0.25, 0.3) is 10.2 Å². The first-order valence-electron chi connectivity index (χ1n) is 8.39. The summed E-state index contributed by atoms with van der Waals surface area (Å²) in [5.41, 5.74) is 1.51. The van der Waals surface area contributed by atoms with Crippen LogP contribution in [0.3, 0.4) is 0 Å². The van der Waals surface area contributed by atoms with Gasteiger partial charge in [0.05, 0.1) is 5.39 Å². The van der Waals surface area contributed by atoms with Gasteiger partial charge in [-0.05, 0) is 37.7 Å². The van der Waals surface area contributed by atoms with Gasteiger partial charge in [0.25, 0.3) is 0 Å². The van der Waals surface area contributed by atoms with E-state index in [1.807, 2.05) is 23.7 Å². The molecule has 0 spiro atoms. The second kappa shape index (κ2) is 5.30. The lowest BCUT2D eigenvalue weighted by Gasteiger charge is -2.33. The minimum atomic E-state index is 0.468. The van der Waals surface area contributed by atoms with Crippen molar-refractivity contribution in [2.45, 2.75) is 38.0 Å². The largest absolute Gasteiger partial charge is 0.355 e. The second-order valence-electron chi connectivity index (χ2n) is 6.49. The third kappa shape index (κ3) is 2.16. The highest BCUT2D eigenvalue weighted by Gasteiger charge is 2.28. The fourth-order valence-electron chi connectivity index (χ4n) is 4.05. The first-order valence-corrected chi connectivity index (χ1v) is 9.21. The molecule has 5 rings (SSSR count). The van der Waals surface area contributed by atoms with Crippen molar-refractivity contribution in [3.05, 3.63) is 35.0 Å². The fraction of sp³-hybridized carbons (Fsp3) is 0.471. The first-order chi connectivity index (χ1) is 11.4. The van der Waals surface area contributed by atoms with Crippen LogP contribution in [-0.4, -0.2) is 33.0 Å². The Morgan fingerprint density at radius 1 is 1.17 bits per heavy atom. The normalized spacial score (nSPS) is 21.0. The third-order valence-electron chi connectivity index (χ3n) is 5.11. The lowest BCUT2D eigenvalue weighted by Crippen LogP contribution is -2.35. The van der Waals surface area contributed by atoms with Crippen molar-refractivity contribution in [1.29, 1.82) is 0 Å². The monoisotopic (exact) mass is 325 g/mol. The van der Waals surface area contributed by atoms with Crippen LogP contribution in [0.4, 0.5) is 5.82 Å². The molecule has 6 heteroatoms. The summed E-state index contributed by atoms with van der Waals surface area (Å²) in [7, 11) is 0. The van der Waals surface area contributed by atoms with E-state index in [0.29, 0.717) is 5.92 Å². The van der Waals surface area contributed by atoms with Crippen molar-refractivity contribution >= 4 is 27.4 Å². The maximum absolute atomic E-state index is 4.69. The number of piperidine rings is 1. The van der Waals surface area contributed by atoms with E-state index < -0.39 is 0 Å². The number of hydrogen-bond acceptors (Lipinski definition) is 5. The van der Waals surface area contributed by atoms with Crippen molar-refractivity contribution in [1.82, 2.24) is 19.9 Å². The topological polar surface area (TPSA) is 57.7 Å². The molecule has 3 aromatic heterocycles. The van der Waals surface area contributed by atoms with Crippen molar-refractivity contribution in [3.8, 4) is 0 Å². The molecule has 3 aromatic rings. The first kappa shape index (κ1) is 13.5. The van der Waals surface area contributed by atoms with Crippen LogP contribution in [0, 0.1) is 0 Å². The molecule has 0 radical (unpaired) electrons. The average Bonchev–Trinajstić information content (AvgIpc) is 3.31. The molecule has 1 N–H and O–H groups in total. The van der Waals surface area contributed by atoms with Crippen molar-refractivity contribution in [2.24, 2.45) is 0 Å². The third-order valence-corrected chi connectivity index (χ3v) is 6.31. The summed E-state index contributed by atoms with van der Waals surface area (Å²) in [6.07, 6.45) is 11.6. The van der Waals surface area contributed by atoms with Gasteiger partial charge < -0.3 is 9.88 Å². The van der Waals surface area contributed by atoms with E-state index in [-0.39, 0.29) is 0 Å². The van der Waals surface area contributed by atoms with Gasteiger partial charge in [0.1, 0.15) is 22.8 Å². The number of nitrogens with one attached hydrogen (secondary N) is 1. The van der Waals surface area contributed by atoms with Crippen LogP contribution < -0.4 is 4.90 Å². The zero-order chi connectivity index (χ0) is 15.2. The predicted octanol–water partition coefficient (Wildman–Crippen LogP) is 3.29. The molecule has 1 fully saturated rings. The maximum atomic E-state index is 4.69. The van der Waals surface area contributed by atoms with Crippen LogP contribution in [0.1, 0.15) is 41.4 Å². The van der Waals surface area contributed by atoms with Gasteiger partial charge in [0.15, 0.2) is 0 Å². The van der Waals surface area contributed by atoms with E-state index >= 15 is 0 Å². The van der Waals surface area contributed by atoms with Crippen LogP contribution in [0.5, 0.6) is 0 Å². The number of aromatic amines is 1. The summed E-state index contributed by atoms with van der Waals surface area (Å²) in [4.78, 5) is 22.1. The molecule has 0 saturated carbocycles. The second-order valence-corrected chi connectivity index (χ2v) is 7.58. The van der Waals surface area contributed by atoms with Gasteiger partial charge in [-0.25, -0.2) is 15.0 Å². The number of nitrogens with zero attached hydrogens (tertiary/aromatic N) is 4. The van der Waals surface area contributed by atoms with Crippen molar-refractivity contribution < 1.29 is 0 Å². The number of hydrogen-bond donors (Lipinski definition) is 1. The van der Waals surface area contributed by atoms with E-state index in [9.17, 15) is 0 Å². The van der Waals surface area contributed by atoms with Crippen LogP contribution in [-0.2, 0) is 12.8 Å². The molecule has 1 saturated heterocycles. The standard InChI is InChI=1S/C17H19N5S/c1-4-12-13(5-1)23-17-14(12)16(20-10-21-17)22-8-2-3-11(9-22)15-18-6-7-19-15/h6-7,10-11H,1-5,8-9H2,(H,18,19)/t11-/m0/s1. The predicted molar refractivity (Wildman–Crippen MR) is 92.2 cm³/mol. The van der Waals surface area contributed by atoms with E-state index in [0.717, 1.165) is 24.7 Å². The Balaban J connectivity index is 1.55. The molecular weight excluding hydrogens is 306 g/mol. The van der Waals surface area contributed by atoms with Gasteiger partial charge in [-0.3, -0.25) is 0 Å². The number of aromatic nitrogens is 4. The summed E-state index contributed by atoms with van der Waals surface area (Å²) >= 11 is 1.87. The van der Waals surface area contributed by atoms with Gasteiger partial charge in [0, 0.05) is 36.3 Å². The van der Waals surface area contributed by atoms with Gasteiger partial charge in [-0.1, -0.05) is 0 Å². The van der Waals surface area contributed by atoms with E-state index in [2.05, 4.69) is 24.8 Å². The minimum Gasteiger partial charge on any atom is -0.355 e. The molecule has 0 amide bonds. The molecular formula is C17H19N5S. The van der Waals surface area contributed by atoms with Gasteiger partial charge >= 0.3 is 0 Å². The molecule has 1 aliphatic heterocycles. The van der Waals surface area contributed by atoms with Crippen LogP contribution in [0.2, 0.25) is 0 Å². The molecule has 23 heavy (non-hydrogen) atoms. The Bertz CT molecular complexity index is 838. The van der Waals surface area contributed by atoms with E-state index in [4.69, 9.17) is 0 Å². The van der Waals surface area contributed by atoms with Gasteiger partial charge in [-0.15, -0.1) is 11.3 Å². The Kier molecular flexibility index (Phi) is 3.11. The number of H-pyrrole nitrogens is 1. The van der Waals surface area contributed by atoms with Crippen LogP contribution in [0.15, 0.2) is 18.7 Å². The molecule has 1 atom stereocenters. The summed E-state index contributed by atoms with van der Waals surface area (Å²) in [5.74, 6) is 2.72. The maximum Gasteiger partial charge on any atom is 0.141 e. The lowest BCUT2D eigenvalue weighted by atomic mass is 9.97. The summed E-state index contributed by atoms with van der Waals surface area (Å²) < 4.78 is 0. The van der Waals surface area contributed by atoms with E-state index in [1.165, 1.54) is 52.8 Å². The zero-order valence-corrected chi connectivity index (χ0v) is 13.8. The van der Waals surface area contributed by atoms with Gasteiger partial charge in [-0.2, -0.15) is 0 Å². The molecule has 5 nitrogen and oxygen atoms in total. The number of thiophene rings is 1.